The van der Waals surface area contributed by atoms with E-state index in [2.05, 4.69) is 0 Å². The molecule has 0 unspecified atom stereocenters. The third-order valence-electron chi connectivity index (χ3n) is 7.79. The Morgan fingerprint density at radius 3 is 2.26 bits per heavy atom. The molecule has 1 saturated heterocycles. The summed E-state index contributed by atoms with van der Waals surface area (Å²) in [5.74, 6) is -0.727. The van der Waals surface area contributed by atoms with Crippen LogP contribution in [0, 0.1) is 29.8 Å². The molecule has 3 aromatic carbocycles. The van der Waals surface area contributed by atoms with E-state index < -0.39 is 22.3 Å². The molecule has 1 spiro atoms. The van der Waals surface area contributed by atoms with Crippen molar-refractivity contribution < 1.29 is 23.6 Å². The monoisotopic (exact) mass is 517 g/mol. The first-order valence-electron chi connectivity index (χ1n) is 12.4. The minimum Gasteiger partial charge on any atom is -0.496 e. The Hall–Kier alpha value is -4.27. The zero-order chi connectivity index (χ0) is 27.2. The number of hydrogen-bond acceptors (Lipinski definition) is 5. The topological polar surface area (TPSA) is 93.0 Å². The van der Waals surface area contributed by atoms with Gasteiger partial charge in [-0.15, -0.1) is 0 Å². The minimum atomic E-state index is -0.923. The van der Waals surface area contributed by atoms with Gasteiger partial charge in [0.05, 0.1) is 23.7 Å². The van der Waals surface area contributed by atoms with E-state index in [4.69, 9.17) is 4.74 Å². The second kappa shape index (κ2) is 9.55. The second-order valence-corrected chi connectivity index (χ2v) is 10.0. The number of piperidine rings is 1. The highest BCUT2D eigenvalue weighted by molar-refractivity contribution is 6.08. The van der Waals surface area contributed by atoms with Crippen molar-refractivity contribution >= 4 is 23.2 Å². The zero-order valence-electron chi connectivity index (χ0n) is 21.5. The number of carbonyl (C=O) groups is 2. The number of nitro groups is 1. The standard InChI is InChI=1S/C29H28FN3O5/c1-18-14-20(15-19(2)26(18)38-3)27(34)31-12-10-29(11-13-31)17-32(25-7-5-4-6-23(25)29)28(35)22-9-8-21(33(36)37)16-24(22)30/h4-9,14-16H,10-13,17H2,1-3H3. The van der Waals surface area contributed by atoms with Crippen molar-refractivity contribution in [3.63, 3.8) is 0 Å². The lowest BCUT2D eigenvalue weighted by Crippen LogP contribution is -2.48. The Labute approximate surface area is 219 Å². The largest absolute Gasteiger partial charge is 0.496 e. The van der Waals surface area contributed by atoms with Crippen molar-refractivity contribution in [2.45, 2.75) is 32.1 Å². The van der Waals surface area contributed by atoms with Gasteiger partial charge in [0.15, 0.2) is 0 Å². The van der Waals surface area contributed by atoms with Crippen molar-refractivity contribution in [3.8, 4) is 5.75 Å². The predicted octanol–water partition coefficient (Wildman–Crippen LogP) is 5.19. The maximum atomic E-state index is 14.7. The molecule has 0 atom stereocenters. The number of benzene rings is 3. The van der Waals surface area contributed by atoms with Crippen LogP contribution in [0.5, 0.6) is 5.75 Å². The molecule has 2 heterocycles. The fourth-order valence-corrected chi connectivity index (χ4v) is 5.89. The van der Waals surface area contributed by atoms with Crippen LogP contribution in [0.3, 0.4) is 0 Å². The molecule has 38 heavy (non-hydrogen) atoms. The van der Waals surface area contributed by atoms with Crippen LogP contribution in [0.1, 0.15) is 50.2 Å². The smallest absolute Gasteiger partial charge is 0.272 e. The quantitative estimate of drug-likeness (QED) is 0.351. The van der Waals surface area contributed by atoms with E-state index in [1.54, 1.807) is 12.0 Å². The predicted molar refractivity (Wildman–Crippen MR) is 140 cm³/mol. The number of rotatable bonds is 4. The molecule has 9 heteroatoms. The van der Waals surface area contributed by atoms with Crippen LogP contribution in [-0.2, 0) is 5.41 Å². The fraction of sp³-hybridized carbons (Fsp3) is 0.310. The molecule has 3 aromatic rings. The van der Waals surface area contributed by atoms with Crippen LogP contribution >= 0.6 is 0 Å². The summed E-state index contributed by atoms with van der Waals surface area (Å²) >= 11 is 0. The molecular formula is C29H28FN3O5. The number of non-ortho nitro benzene ring substituents is 1. The molecule has 2 amide bonds. The highest BCUT2D eigenvalue weighted by atomic mass is 19.1. The van der Waals surface area contributed by atoms with Crippen LogP contribution in [-0.4, -0.2) is 48.4 Å². The lowest BCUT2D eigenvalue weighted by atomic mass is 9.74. The first-order valence-corrected chi connectivity index (χ1v) is 12.4. The van der Waals surface area contributed by atoms with Crippen LogP contribution < -0.4 is 9.64 Å². The zero-order valence-corrected chi connectivity index (χ0v) is 21.5. The van der Waals surface area contributed by atoms with Gasteiger partial charge in [-0.1, -0.05) is 18.2 Å². The van der Waals surface area contributed by atoms with Crippen LogP contribution in [0.4, 0.5) is 15.8 Å². The normalized spacial score (nSPS) is 15.9. The van der Waals surface area contributed by atoms with Crippen molar-refractivity contribution in [2.24, 2.45) is 0 Å². The molecule has 196 valence electrons. The van der Waals surface area contributed by atoms with Gasteiger partial charge in [0.1, 0.15) is 11.6 Å². The number of ether oxygens (including phenoxy) is 1. The van der Waals surface area contributed by atoms with Crippen molar-refractivity contribution in [3.05, 3.63) is 98.3 Å². The second-order valence-electron chi connectivity index (χ2n) is 10.0. The molecule has 2 aliphatic heterocycles. The fourth-order valence-electron chi connectivity index (χ4n) is 5.89. The van der Waals surface area contributed by atoms with E-state index in [0.29, 0.717) is 43.7 Å². The van der Waals surface area contributed by atoms with Crippen molar-refractivity contribution in [1.82, 2.24) is 4.90 Å². The maximum absolute atomic E-state index is 14.7. The lowest BCUT2D eigenvalue weighted by molar-refractivity contribution is -0.385. The third-order valence-corrected chi connectivity index (χ3v) is 7.79. The number of carbonyl (C=O) groups excluding carboxylic acids is 2. The molecule has 8 nitrogen and oxygen atoms in total. The van der Waals surface area contributed by atoms with Gasteiger partial charge in [-0.2, -0.15) is 0 Å². The Morgan fingerprint density at radius 2 is 1.66 bits per heavy atom. The van der Waals surface area contributed by atoms with Gasteiger partial charge in [0.25, 0.3) is 17.5 Å². The highest BCUT2D eigenvalue weighted by Crippen LogP contribution is 2.47. The average molecular weight is 518 g/mol. The molecule has 5 rings (SSSR count). The van der Waals surface area contributed by atoms with E-state index in [9.17, 15) is 24.1 Å². The highest BCUT2D eigenvalue weighted by Gasteiger charge is 2.47. The number of hydrogen-bond donors (Lipinski definition) is 0. The summed E-state index contributed by atoms with van der Waals surface area (Å²) in [4.78, 5) is 40.5. The van der Waals surface area contributed by atoms with Crippen LogP contribution in [0.2, 0.25) is 0 Å². The van der Waals surface area contributed by atoms with Crippen LogP contribution in [0.15, 0.2) is 54.6 Å². The number of fused-ring (bicyclic) bond motifs is 2. The number of aryl methyl sites for hydroxylation is 2. The summed E-state index contributed by atoms with van der Waals surface area (Å²) in [5.41, 5.74) is 3.15. The summed E-state index contributed by atoms with van der Waals surface area (Å²) in [5, 5.41) is 11.0. The molecular weight excluding hydrogens is 489 g/mol. The number of halogens is 1. The van der Waals surface area contributed by atoms with Gasteiger partial charge >= 0.3 is 0 Å². The van der Waals surface area contributed by atoms with Gasteiger partial charge in [-0.3, -0.25) is 19.7 Å². The Kier molecular flexibility index (Phi) is 6.38. The molecule has 0 bridgehead atoms. The summed E-state index contributed by atoms with van der Waals surface area (Å²) in [6.07, 6.45) is 1.30. The van der Waals surface area contributed by atoms with Gasteiger partial charge in [0, 0.05) is 42.4 Å². The number of para-hydroxylation sites is 1. The van der Waals surface area contributed by atoms with Gasteiger partial charge in [-0.05, 0) is 67.6 Å². The molecule has 0 aliphatic carbocycles. The molecule has 1 fully saturated rings. The Bertz CT molecular complexity index is 1440. The molecule has 0 saturated carbocycles. The maximum Gasteiger partial charge on any atom is 0.272 e. The molecule has 2 aliphatic rings. The van der Waals surface area contributed by atoms with Crippen LogP contribution in [0.25, 0.3) is 0 Å². The Morgan fingerprint density at radius 1 is 1.00 bits per heavy atom. The first kappa shape index (κ1) is 25.4. The van der Waals surface area contributed by atoms with E-state index in [1.807, 2.05) is 55.1 Å². The molecule has 0 N–H and O–H groups in total. The SMILES string of the molecule is COc1c(C)cc(C(=O)N2CCC3(CC2)CN(C(=O)c2ccc([N+](=O)[O-])cc2F)c2ccccc23)cc1C. The number of nitrogens with zero attached hydrogens (tertiary/aromatic N) is 3. The first-order chi connectivity index (χ1) is 18.1. The Balaban J connectivity index is 1.38. The summed E-state index contributed by atoms with van der Waals surface area (Å²) in [6, 6.07) is 14.4. The summed E-state index contributed by atoms with van der Waals surface area (Å²) in [6.45, 7) is 5.23. The number of nitro benzene ring substituents is 1. The van der Waals surface area contributed by atoms with Gasteiger partial charge < -0.3 is 14.5 Å². The lowest BCUT2D eigenvalue weighted by Gasteiger charge is -2.40. The van der Waals surface area contributed by atoms with E-state index >= 15 is 0 Å². The molecule has 0 aromatic heterocycles. The number of likely N-dealkylation sites (tertiary alicyclic amines) is 1. The van der Waals surface area contributed by atoms with Crippen molar-refractivity contribution in [1.29, 1.82) is 0 Å². The van der Waals surface area contributed by atoms with Gasteiger partial charge in [-0.25, -0.2) is 4.39 Å². The van der Waals surface area contributed by atoms with Gasteiger partial charge in [0.2, 0.25) is 0 Å². The van der Waals surface area contributed by atoms with Crippen molar-refractivity contribution in [2.75, 3.05) is 31.6 Å². The number of methoxy groups -OCH3 is 1. The summed E-state index contributed by atoms with van der Waals surface area (Å²) in [7, 11) is 1.62. The molecule has 0 radical (unpaired) electrons. The van der Waals surface area contributed by atoms with E-state index in [1.165, 1.54) is 6.07 Å². The van der Waals surface area contributed by atoms with E-state index in [0.717, 1.165) is 34.6 Å². The average Bonchev–Trinajstić information content (AvgIpc) is 3.22. The third kappa shape index (κ3) is 4.17. The van der Waals surface area contributed by atoms with E-state index in [-0.39, 0.29) is 16.9 Å². The summed E-state index contributed by atoms with van der Waals surface area (Å²) < 4.78 is 20.2. The number of anilines is 1. The number of amides is 2. The minimum absolute atomic E-state index is 0.0409.